The maximum Gasteiger partial charge on any atom is 0.340 e. The fourth-order valence-corrected chi connectivity index (χ4v) is 1.99. The summed E-state index contributed by atoms with van der Waals surface area (Å²) < 4.78 is 4.75. The predicted molar refractivity (Wildman–Crippen MR) is 88.5 cm³/mol. The van der Waals surface area contributed by atoms with E-state index in [0.29, 0.717) is 11.2 Å². The Bertz CT molecular complexity index is 818. The molecular weight excluding hydrogens is 296 g/mol. The number of amides is 1. The number of aromatic nitrogens is 2. The Hall–Kier alpha value is -3.22. The standard InChI is InChI=1S/C16H16N4O3/c1-4-6-12(17-5-2)15(21)19-14-7-10-9-18-20-13(10)8-11(14)16(22)23-3/h4-9H,1H2,2-3H3,(H,18,20)(H,19,21)/b12-6-,17-5-. The van der Waals surface area contributed by atoms with E-state index in [1.165, 1.54) is 25.5 Å². The van der Waals surface area contributed by atoms with Crippen LogP contribution < -0.4 is 5.32 Å². The maximum atomic E-state index is 12.3. The number of carbonyl (C=O) groups is 2. The Morgan fingerprint density at radius 2 is 2.22 bits per heavy atom. The molecule has 0 saturated carbocycles. The number of allylic oxidation sites excluding steroid dienone is 2. The molecule has 0 aliphatic carbocycles. The second-order valence-corrected chi connectivity index (χ2v) is 4.48. The summed E-state index contributed by atoms with van der Waals surface area (Å²) in [6, 6.07) is 3.22. The van der Waals surface area contributed by atoms with Gasteiger partial charge in [0.1, 0.15) is 5.70 Å². The van der Waals surface area contributed by atoms with Crippen molar-refractivity contribution < 1.29 is 14.3 Å². The molecule has 0 bridgehead atoms. The first-order chi connectivity index (χ1) is 11.1. The highest BCUT2D eigenvalue weighted by molar-refractivity contribution is 6.10. The number of benzene rings is 1. The molecule has 7 nitrogen and oxygen atoms in total. The van der Waals surface area contributed by atoms with Crippen LogP contribution in [0.15, 0.2) is 47.7 Å². The number of H-pyrrole nitrogens is 1. The minimum absolute atomic E-state index is 0.172. The molecule has 2 aromatic rings. The van der Waals surface area contributed by atoms with Crippen LogP contribution in [0.5, 0.6) is 0 Å². The Labute approximate surface area is 132 Å². The number of nitrogens with zero attached hydrogens (tertiary/aromatic N) is 2. The quantitative estimate of drug-likeness (QED) is 0.383. The number of nitrogens with one attached hydrogen (secondary N) is 2. The van der Waals surface area contributed by atoms with Crippen LogP contribution in [0, 0.1) is 0 Å². The number of hydrogen-bond donors (Lipinski definition) is 2. The highest BCUT2D eigenvalue weighted by Gasteiger charge is 2.17. The van der Waals surface area contributed by atoms with E-state index in [2.05, 4.69) is 27.1 Å². The lowest BCUT2D eigenvalue weighted by Crippen LogP contribution is -2.16. The summed E-state index contributed by atoms with van der Waals surface area (Å²) in [5.41, 5.74) is 1.37. The van der Waals surface area contributed by atoms with Crippen LogP contribution in [0.4, 0.5) is 5.69 Å². The lowest BCUT2D eigenvalue weighted by Gasteiger charge is -2.10. The van der Waals surface area contributed by atoms with Gasteiger partial charge in [-0.05, 0) is 25.1 Å². The van der Waals surface area contributed by atoms with E-state index < -0.39 is 11.9 Å². The Morgan fingerprint density at radius 1 is 1.43 bits per heavy atom. The van der Waals surface area contributed by atoms with E-state index in [1.807, 2.05) is 0 Å². The van der Waals surface area contributed by atoms with Crippen molar-refractivity contribution in [2.45, 2.75) is 6.92 Å². The lowest BCUT2D eigenvalue weighted by atomic mass is 10.1. The number of rotatable bonds is 5. The fourth-order valence-electron chi connectivity index (χ4n) is 1.99. The van der Waals surface area contributed by atoms with Crippen molar-refractivity contribution in [3.8, 4) is 0 Å². The van der Waals surface area contributed by atoms with E-state index in [1.54, 1.807) is 25.3 Å². The van der Waals surface area contributed by atoms with Crippen molar-refractivity contribution in [1.82, 2.24) is 10.2 Å². The van der Waals surface area contributed by atoms with Gasteiger partial charge in [0.15, 0.2) is 0 Å². The highest BCUT2D eigenvalue weighted by atomic mass is 16.5. The average Bonchev–Trinajstić information content (AvgIpc) is 3.00. The van der Waals surface area contributed by atoms with E-state index in [9.17, 15) is 9.59 Å². The van der Waals surface area contributed by atoms with Gasteiger partial charge < -0.3 is 10.1 Å². The number of carbonyl (C=O) groups excluding carboxylic acids is 2. The van der Waals surface area contributed by atoms with Crippen molar-refractivity contribution in [1.29, 1.82) is 0 Å². The largest absolute Gasteiger partial charge is 0.465 e. The number of ether oxygens (including phenoxy) is 1. The van der Waals surface area contributed by atoms with Crippen molar-refractivity contribution in [2.75, 3.05) is 12.4 Å². The molecule has 2 N–H and O–H groups in total. The summed E-state index contributed by atoms with van der Waals surface area (Å²) in [6.07, 6.45) is 6.03. The predicted octanol–water partition coefficient (Wildman–Crippen LogP) is 2.45. The molecule has 0 radical (unpaired) electrons. The first-order valence-corrected chi connectivity index (χ1v) is 6.79. The summed E-state index contributed by atoms with van der Waals surface area (Å²) in [4.78, 5) is 28.2. The Balaban J connectivity index is 2.44. The van der Waals surface area contributed by atoms with Crippen LogP contribution >= 0.6 is 0 Å². The number of hydrogen-bond acceptors (Lipinski definition) is 5. The van der Waals surface area contributed by atoms with Gasteiger partial charge in [0, 0.05) is 11.6 Å². The molecule has 0 aliphatic heterocycles. The normalized spacial score (nSPS) is 11.7. The molecular formula is C16H16N4O3. The van der Waals surface area contributed by atoms with E-state index in [0.717, 1.165) is 5.39 Å². The van der Waals surface area contributed by atoms with Crippen LogP contribution in [-0.4, -0.2) is 35.4 Å². The summed E-state index contributed by atoms with van der Waals surface area (Å²) in [5.74, 6) is -1.03. The number of fused-ring (bicyclic) bond motifs is 1. The first-order valence-electron chi connectivity index (χ1n) is 6.79. The van der Waals surface area contributed by atoms with Crippen molar-refractivity contribution in [3.05, 3.63) is 48.3 Å². The SMILES string of the molecule is C=C/C=C(\N=C/C)C(=O)Nc1cc2cn[nH]c2cc1C(=O)OC. The van der Waals surface area contributed by atoms with Crippen LogP contribution in [-0.2, 0) is 9.53 Å². The van der Waals surface area contributed by atoms with E-state index in [4.69, 9.17) is 4.74 Å². The van der Waals surface area contributed by atoms with Crippen LogP contribution in [0.1, 0.15) is 17.3 Å². The summed E-state index contributed by atoms with van der Waals surface area (Å²) in [6.45, 7) is 5.24. The summed E-state index contributed by atoms with van der Waals surface area (Å²) in [5, 5.41) is 10.1. The molecule has 23 heavy (non-hydrogen) atoms. The Kier molecular flexibility index (Phi) is 5.03. The molecule has 7 heteroatoms. The zero-order valence-electron chi connectivity index (χ0n) is 12.8. The van der Waals surface area contributed by atoms with Gasteiger partial charge in [0.2, 0.25) is 0 Å². The number of esters is 1. The van der Waals surface area contributed by atoms with Crippen LogP contribution in [0.2, 0.25) is 0 Å². The zero-order valence-corrected chi connectivity index (χ0v) is 12.8. The molecule has 0 saturated heterocycles. The third-order valence-electron chi connectivity index (χ3n) is 3.01. The van der Waals surface area contributed by atoms with E-state index in [-0.39, 0.29) is 11.3 Å². The van der Waals surface area contributed by atoms with Crippen molar-refractivity contribution >= 4 is 34.7 Å². The molecule has 1 aromatic carbocycles. The second kappa shape index (κ2) is 7.17. The summed E-state index contributed by atoms with van der Waals surface area (Å²) in [7, 11) is 1.27. The molecule has 2 rings (SSSR count). The third kappa shape index (κ3) is 3.52. The first kappa shape index (κ1) is 16.2. The monoisotopic (exact) mass is 312 g/mol. The van der Waals surface area contributed by atoms with Gasteiger partial charge >= 0.3 is 5.97 Å². The van der Waals surface area contributed by atoms with Gasteiger partial charge in [-0.3, -0.25) is 14.9 Å². The zero-order chi connectivity index (χ0) is 16.8. The Morgan fingerprint density at radius 3 is 2.87 bits per heavy atom. The number of aliphatic imine (C=N–C) groups is 1. The fraction of sp³-hybridized carbons (Fsp3) is 0.125. The number of anilines is 1. The number of aromatic amines is 1. The summed E-state index contributed by atoms with van der Waals surface area (Å²) >= 11 is 0. The molecule has 1 aromatic heterocycles. The van der Waals surface area contributed by atoms with Gasteiger partial charge in [0.05, 0.1) is 30.1 Å². The average molecular weight is 312 g/mol. The van der Waals surface area contributed by atoms with Crippen molar-refractivity contribution in [3.63, 3.8) is 0 Å². The van der Waals surface area contributed by atoms with Gasteiger partial charge in [-0.15, -0.1) is 0 Å². The molecule has 1 amide bonds. The molecule has 0 aliphatic rings. The lowest BCUT2D eigenvalue weighted by molar-refractivity contribution is -0.112. The van der Waals surface area contributed by atoms with Crippen molar-refractivity contribution in [2.24, 2.45) is 4.99 Å². The van der Waals surface area contributed by atoms with E-state index >= 15 is 0 Å². The van der Waals surface area contributed by atoms with Gasteiger partial charge in [-0.1, -0.05) is 12.7 Å². The van der Waals surface area contributed by atoms with Crippen LogP contribution in [0.3, 0.4) is 0 Å². The molecule has 0 fully saturated rings. The third-order valence-corrected chi connectivity index (χ3v) is 3.01. The molecule has 1 heterocycles. The smallest absolute Gasteiger partial charge is 0.340 e. The minimum atomic E-state index is -0.565. The highest BCUT2D eigenvalue weighted by Crippen LogP contribution is 2.24. The minimum Gasteiger partial charge on any atom is -0.465 e. The second-order valence-electron chi connectivity index (χ2n) is 4.48. The van der Waals surface area contributed by atoms with Gasteiger partial charge in [-0.25, -0.2) is 4.79 Å². The van der Waals surface area contributed by atoms with Gasteiger partial charge in [-0.2, -0.15) is 5.10 Å². The molecule has 0 spiro atoms. The molecule has 118 valence electrons. The maximum absolute atomic E-state index is 12.3. The molecule has 0 atom stereocenters. The topological polar surface area (TPSA) is 96.4 Å². The number of methoxy groups -OCH3 is 1. The molecule has 0 unspecified atom stereocenters. The van der Waals surface area contributed by atoms with Crippen LogP contribution in [0.25, 0.3) is 10.9 Å². The van der Waals surface area contributed by atoms with Gasteiger partial charge in [0.25, 0.3) is 5.91 Å².